The summed E-state index contributed by atoms with van der Waals surface area (Å²) in [6.45, 7) is 11.2. The number of carbonyl (C=O) groups is 6. The number of carbonyl (C=O) groups excluding carboxylic acids is 4. The van der Waals surface area contributed by atoms with Crippen LogP contribution in [-0.4, -0.2) is 212 Å². The molecule has 0 atom stereocenters. The molecule has 1 aliphatic heterocycles. The van der Waals surface area contributed by atoms with Crippen molar-refractivity contribution >= 4 is 53.4 Å². The predicted octanol–water partition coefficient (Wildman–Crippen LogP) is 1.90. The number of hydrogen-bond donors (Lipinski definition) is 5. The van der Waals surface area contributed by atoms with E-state index in [4.69, 9.17) is 18.6 Å². The van der Waals surface area contributed by atoms with Crippen LogP contribution in [0.1, 0.15) is 53.9 Å². The van der Waals surface area contributed by atoms with Crippen LogP contribution < -0.4 is 30.2 Å². The molecule has 1 aliphatic carbocycles. The van der Waals surface area contributed by atoms with Gasteiger partial charge in [-0.05, 0) is 61.1 Å². The quantitative estimate of drug-likeness (QED) is 0.0488. The van der Waals surface area contributed by atoms with Crippen LogP contribution in [0.15, 0.2) is 33.8 Å². The molecule has 384 valence electrons. The number of methoxy groups -OCH3 is 2. The largest absolute Gasteiger partial charge is 0.480 e. The van der Waals surface area contributed by atoms with E-state index in [1.807, 2.05) is 28.7 Å². The second-order valence-corrected chi connectivity index (χ2v) is 19.0. The maximum atomic E-state index is 13.3. The zero-order valence-corrected chi connectivity index (χ0v) is 41.9. The first kappa shape index (κ1) is 55.1. The maximum Gasteiger partial charge on any atom is 0.317 e. The van der Waals surface area contributed by atoms with E-state index in [-0.39, 0.29) is 84.1 Å². The maximum absolute atomic E-state index is 13.3. The molecule has 1 aromatic carbocycles. The lowest BCUT2D eigenvalue weighted by molar-refractivity contribution is -0.140. The van der Waals surface area contributed by atoms with Crippen molar-refractivity contribution in [1.82, 2.24) is 45.1 Å². The minimum absolute atomic E-state index is 0.00981. The van der Waals surface area contributed by atoms with Crippen molar-refractivity contribution in [2.75, 3.05) is 137 Å². The molecule has 23 heteroatoms. The fraction of sp³-hybridized carbons (Fsp3) is 0.574. The lowest BCUT2D eigenvalue weighted by Gasteiger charge is -2.32. The van der Waals surface area contributed by atoms with Crippen LogP contribution in [0.2, 0.25) is 0 Å². The molecule has 0 saturated carbocycles. The fourth-order valence-corrected chi connectivity index (χ4v) is 8.88. The van der Waals surface area contributed by atoms with E-state index in [0.717, 1.165) is 24.7 Å². The molecule has 0 bridgehead atoms. The van der Waals surface area contributed by atoms with Gasteiger partial charge in [-0.25, -0.2) is 0 Å². The van der Waals surface area contributed by atoms with E-state index < -0.39 is 17.8 Å². The van der Waals surface area contributed by atoms with E-state index in [2.05, 4.69) is 51.9 Å². The first-order valence-corrected chi connectivity index (χ1v) is 24.3. The van der Waals surface area contributed by atoms with Gasteiger partial charge in [-0.3, -0.25) is 43.6 Å². The molecular formula is C47H68N10O12S. The molecule has 0 spiro atoms. The van der Waals surface area contributed by atoms with Gasteiger partial charge in [0.2, 0.25) is 23.6 Å². The molecule has 2 aliphatic rings. The van der Waals surface area contributed by atoms with Crippen LogP contribution in [0, 0.1) is 6.92 Å². The Kier molecular flexibility index (Phi) is 21.2. The van der Waals surface area contributed by atoms with E-state index in [0.29, 0.717) is 90.0 Å². The summed E-state index contributed by atoms with van der Waals surface area (Å²) in [5, 5.41) is 27.7. The third kappa shape index (κ3) is 17.2. The Morgan fingerprint density at radius 1 is 0.829 bits per heavy atom. The number of aliphatic carboxylic acids is 2. The highest BCUT2D eigenvalue weighted by Crippen LogP contribution is 2.42. The highest BCUT2D eigenvalue weighted by molar-refractivity contribution is 7.99. The van der Waals surface area contributed by atoms with E-state index in [1.165, 1.54) is 43.2 Å². The number of thioether (sulfide) groups is 1. The first-order chi connectivity index (χ1) is 33.5. The molecule has 1 saturated heterocycles. The second kappa shape index (κ2) is 26.9. The number of likely N-dealkylation sites (N-methyl/N-ethyl adjacent to an activating group) is 1. The smallest absolute Gasteiger partial charge is 0.317 e. The first-order valence-electron chi connectivity index (χ1n) is 23.3. The summed E-state index contributed by atoms with van der Waals surface area (Å²) in [5.41, 5.74) is 3.69. The topological polar surface area (TPSA) is 262 Å². The molecule has 22 nitrogen and oxygen atoms in total. The second-order valence-electron chi connectivity index (χ2n) is 17.9. The number of amides is 3. The van der Waals surface area contributed by atoms with Crippen molar-refractivity contribution in [3.05, 3.63) is 46.7 Å². The number of benzene rings is 1. The minimum atomic E-state index is -1.000. The summed E-state index contributed by atoms with van der Waals surface area (Å²) in [4.78, 5) is 91.6. The van der Waals surface area contributed by atoms with Crippen molar-refractivity contribution in [3.8, 4) is 23.5 Å². The SMILES string of the molecule is COc1nc(SCCC(=O)NCCN(C)CCNC(=O)CN2CCN(CC=O)CCN(CC(=O)O)CCN(CC(=O)O)CC2)nc(OC)c1NC(=O)c1ccc(Oc2cc3c(cc2C)CCC3(C)C)o1. The van der Waals surface area contributed by atoms with Crippen LogP contribution in [0.3, 0.4) is 0 Å². The summed E-state index contributed by atoms with van der Waals surface area (Å²) >= 11 is 1.22. The Morgan fingerprint density at radius 2 is 1.39 bits per heavy atom. The summed E-state index contributed by atoms with van der Waals surface area (Å²) in [6.07, 6.45) is 3.06. The monoisotopic (exact) mass is 996 g/mol. The Bertz CT molecular complexity index is 2250. The number of carboxylic acid groups (broad SMARTS) is 2. The van der Waals surface area contributed by atoms with Crippen molar-refractivity contribution in [3.63, 3.8) is 0 Å². The van der Waals surface area contributed by atoms with Crippen LogP contribution in [0.4, 0.5) is 5.69 Å². The number of ether oxygens (including phenoxy) is 3. The Hall–Kier alpha value is -5.85. The molecule has 0 radical (unpaired) electrons. The molecule has 5 N–H and O–H groups in total. The van der Waals surface area contributed by atoms with Crippen molar-refractivity contribution < 1.29 is 57.6 Å². The third-order valence-electron chi connectivity index (χ3n) is 12.2. The molecule has 5 rings (SSSR count). The van der Waals surface area contributed by atoms with E-state index in [1.54, 1.807) is 15.9 Å². The number of carboxylic acids is 2. The van der Waals surface area contributed by atoms with Crippen LogP contribution in [0.25, 0.3) is 0 Å². The number of aromatic nitrogens is 2. The van der Waals surface area contributed by atoms with Crippen LogP contribution >= 0.6 is 11.8 Å². The van der Waals surface area contributed by atoms with Crippen molar-refractivity contribution in [1.29, 1.82) is 0 Å². The summed E-state index contributed by atoms with van der Waals surface area (Å²) in [7, 11) is 4.68. The standard InChI is InChI=1S/C47H68N10O12S/c1-32-27-33-9-11-47(2,3)34(33)28-36(32)69-41-8-7-35(68-41)43(65)50-42-44(66-5)51-46(52-45(42)67-6)70-26-10-37(59)48-12-14-53(4)15-13-49-38(60)29-55-18-16-54(24-25-58)17-19-56(30-39(61)62)22-23-57(21-20-55)31-40(63)64/h7-8,25,27-28H,9-24,26,29-31H2,1-6H3,(H,48,59)(H,49,60)(H,50,65)(H,61,62)(H,63,64). The van der Waals surface area contributed by atoms with Gasteiger partial charge in [0.1, 0.15) is 12.0 Å². The number of rotatable bonds is 24. The molecule has 3 heterocycles. The third-order valence-corrected chi connectivity index (χ3v) is 13.0. The summed E-state index contributed by atoms with van der Waals surface area (Å²) in [5.74, 6) is -1.69. The zero-order chi connectivity index (χ0) is 50.8. The summed E-state index contributed by atoms with van der Waals surface area (Å²) in [6, 6.07) is 7.29. The van der Waals surface area contributed by atoms with Gasteiger partial charge in [-0.15, -0.1) is 0 Å². The number of anilines is 1. The highest BCUT2D eigenvalue weighted by atomic mass is 32.2. The van der Waals surface area contributed by atoms with Gasteiger partial charge >= 0.3 is 11.9 Å². The molecule has 1 fully saturated rings. The molecule has 3 aromatic rings. The number of hydrogen-bond acceptors (Lipinski definition) is 18. The number of nitrogens with zero attached hydrogens (tertiary/aromatic N) is 7. The lowest BCUT2D eigenvalue weighted by Crippen LogP contribution is -2.49. The number of fused-ring (bicyclic) bond motifs is 1. The molecule has 2 aromatic heterocycles. The average Bonchev–Trinajstić information content (AvgIpc) is 3.90. The average molecular weight is 997 g/mol. The predicted molar refractivity (Wildman–Crippen MR) is 260 cm³/mol. The van der Waals surface area contributed by atoms with Crippen molar-refractivity contribution in [2.24, 2.45) is 0 Å². The van der Waals surface area contributed by atoms with Gasteiger partial charge in [0.05, 0.1) is 40.4 Å². The highest BCUT2D eigenvalue weighted by Gasteiger charge is 2.31. The van der Waals surface area contributed by atoms with Crippen LogP contribution in [-0.2, 0) is 35.8 Å². The molecule has 0 unspecified atom stereocenters. The Labute approximate surface area is 412 Å². The van der Waals surface area contributed by atoms with E-state index >= 15 is 0 Å². The van der Waals surface area contributed by atoms with Crippen molar-refractivity contribution in [2.45, 2.75) is 50.6 Å². The normalized spacial score (nSPS) is 16.1. The van der Waals surface area contributed by atoms with Crippen LogP contribution in [0.5, 0.6) is 23.5 Å². The molecular weight excluding hydrogens is 929 g/mol. The van der Waals surface area contributed by atoms with Gasteiger partial charge in [0.25, 0.3) is 11.9 Å². The zero-order valence-electron chi connectivity index (χ0n) is 41.0. The molecule has 3 amide bonds. The molecule has 70 heavy (non-hydrogen) atoms. The van der Waals surface area contributed by atoms with Gasteiger partial charge < -0.3 is 54.5 Å². The van der Waals surface area contributed by atoms with Gasteiger partial charge in [0, 0.05) is 96.8 Å². The van der Waals surface area contributed by atoms with Gasteiger partial charge in [0.15, 0.2) is 16.6 Å². The Balaban J connectivity index is 1.02. The van der Waals surface area contributed by atoms with Gasteiger partial charge in [-0.1, -0.05) is 31.7 Å². The minimum Gasteiger partial charge on any atom is -0.480 e. The Morgan fingerprint density at radius 3 is 1.94 bits per heavy atom. The number of furan rings is 1. The van der Waals surface area contributed by atoms with E-state index in [9.17, 15) is 39.0 Å². The number of aldehydes is 1. The summed E-state index contributed by atoms with van der Waals surface area (Å²) < 4.78 is 22.8. The number of nitrogens with one attached hydrogen (secondary N) is 3. The fourth-order valence-electron chi connectivity index (χ4n) is 8.12. The number of aryl methyl sites for hydroxylation is 2. The lowest BCUT2D eigenvalue weighted by atomic mass is 9.86. The van der Waals surface area contributed by atoms with Gasteiger partial charge in [-0.2, -0.15) is 9.97 Å².